The summed E-state index contributed by atoms with van der Waals surface area (Å²) in [6.45, 7) is 0.113. The van der Waals surface area contributed by atoms with Crippen LogP contribution in [0.5, 0.6) is 0 Å². The standard InChI is InChI=1S/C16H12N6O/c17-15-13-14(21-22(6-7-23)16(13)20-9-19-15)11-3-4-12-10(8-11)2-1-5-18-12/h1-5,7-9H,6H2,(H2,17,19,20). The van der Waals surface area contributed by atoms with Crippen molar-refractivity contribution in [2.24, 2.45) is 0 Å². The molecule has 0 saturated heterocycles. The first-order valence-electron chi connectivity index (χ1n) is 7.03. The molecule has 1 aromatic carbocycles. The lowest BCUT2D eigenvalue weighted by atomic mass is 10.1. The number of fused-ring (bicyclic) bond motifs is 2. The second-order valence-electron chi connectivity index (χ2n) is 5.07. The van der Waals surface area contributed by atoms with Gasteiger partial charge in [0, 0.05) is 17.1 Å². The molecule has 4 rings (SSSR count). The number of nitrogens with two attached hydrogens (primary N) is 1. The Morgan fingerprint density at radius 1 is 1.17 bits per heavy atom. The number of aldehydes is 1. The van der Waals surface area contributed by atoms with Crippen molar-refractivity contribution in [2.75, 3.05) is 5.73 Å². The highest BCUT2D eigenvalue weighted by atomic mass is 16.1. The normalized spacial score (nSPS) is 11.1. The van der Waals surface area contributed by atoms with Gasteiger partial charge < -0.3 is 10.5 Å². The third-order valence-corrected chi connectivity index (χ3v) is 3.68. The zero-order valence-corrected chi connectivity index (χ0v) is 12.0. The van der Waals surface area contributed by atoms with Crippen LogP contribution in [0.25, 0.3) is 33.2 Å². The van der Waals surface area contributed by atoms with E-state index in [1.807, 2.05) is 30.3 Å². The fraction of sp³-hybridized carbons (Fsp3) is 0.0625. The van der Waals surface area contributed by atoms with Crippen LogP contribution in [0.3, 0.4) is 0 Å². The number of pyridine rings is 1. The molecular weight excluding hydrogens is 292 g/mol. The quantitative estimate of drug-likeness (QED) is 0.580. The lowest BCUT2D eigenvalue weighted by Crippen LogP contribution is -2.02. The van der Waals surface area contributed by atoms with E-state index in [2.05, 4.69) is 20.1 Å². The van der Waals surface area contributed by atoms with E-state index in [1.165, 1.54) is 11.0 Å². The molecule has 0 aliphatic heterocycles. The molecule has 0 radical (unpaired) electrons. The Bertz CT molecular complexity index is 1040. The van der Waals surface area contributed by atoms with Gasteiger partial charge in [-0.15, -0.1) is 0 Å². The maximum Gasteiger partial charge on any atom is 0.164 e. The lowest BCUT2D eigenvalue weighted by molar-refractivity contribution is -0.108. The van der Waals surface area contributed by atoms with Crippen molar-refractivity contribution in [3.05, 3.63) is 42.9 Å². The number of rotatable bonds is 3. The van der Waals surface area contributed by atoms with Gasteiger partial charge >= 0.3 is 0 Å². The van der Waals surface area contributed by atoms with Crippen LogP contribution in [-0.4, -0.2) is 31.0 Å². The lowest BCUT2D eigenvalue weighted by Gasteiger charge is -2.02. The van der Waals surface area contributed by atoms with E-state index in [4.69, 9.17) is 5.73 Å². The fourth-order valence-electron chi connectivity index (χ4n) is 2.65. The molecule has 0 bridgehead atoms. The molecule has 7 heteroatoms. The highest BCUT2D eigenvalue weighted by Gasteiger charge is 2.17. The zero-order chi connectivity index (χ0) is 15.8. The van der Waals surface area contributed by atoms with Crippen molar-refractivity contribution in [1.82, 2.24) is 24.7 Å². The third-order valence-electron chi connectivity index (χ3n) is 3.68. The van der Waals surface area contributed by atoms with Gasteiger partial charge in [0.15, 0.2) is 5.65 Å². The molecule has 0 fully saturated rings. The molecule has 0 unspecified atom stereocenters. The van der Waals surface area contributed by atoms with Crippen LogP contribution in [0.15, 0.2) is 42.9 Å². The second kappa shape index (κ2) is 5.13. The molecule has 2 N–H and O–H groups in total. The molecule has 0 amide bonds. The Balaban J connectivity index is 2.01. The number of carbonyl (C=O) groups excluding carboxylic acids is 1. The monoisotopic (exact) mass is 304 g/mol. The summed E-state index contributed by atoms with van der Waals surface area (Å²) in [6.07, 6.45) is 3.90. The van der Waals surface area contributed by atoms with Gasteiger partial charge in [-0.3, -0.25) is 4.98 Å². The van der Waals surface area contributed by atoms with Crippen LogP contribution >= 0.6 is 0 Å². The van der Waals surface area contributed by atoms with Crippen LogP contribution < -0.4 is 5.73 Å². The summed E-state index contributed by atoms with van der Waals surface area (Å²) in [5.74, 6) is 0.341. The maximum absolute atomic E-state index is 10.9. The van der Waals surface area contributed by atoms with Crippen molar-refractivity contribution in [1.29, 1.82) is 0 Å². The molecular formula is C16H12N6O. The zero-order valence-electron chi connectivity index (χ0n) is 12.0. The fourth-order valence-corrected chi connectivity index (χ4v) is 2.65. The van der Waals surface area contributed by atoms with Gasteiger partial charge in [0.25, 0.3) is 0 Å². The second-order valence-corrected chi connectivity index (χ2v) is 5.07. The molecule has 23 heavy (non-hydrogen) atoms. The highest BCUT2D eigenvalue weighted by molar-refractivity contribution is 5.99. The van der Waals surface area contributed by atoms with E-state index in [0.717, 1.165) is 22.8 Å². The van der Waals surface area contributed by atoms with Crippen LogP contribution in [0.2, 0.25) is 0 Å². The first-order valence-corrected chi connectivity index (χ1v) is 7.03. The molecule has 3 heterocycles. The summed E-state index contributed by atoms with van der Waals surface area (Å²) in [4.78, 5) is 23.4. The Hall–Kier alpha value is -3.35. The van der Waals surface area contributed by atoms with Crippen molar-refractivity contribution >= 4 is 34.0 Å². The molecule has 7 nitrogen and oxygen atoms in total. The van der Waals surface area contributed by atoms with Gasteiger partial charge in [0.05, 0.1) is 17.4 Å². The van der Waals surface area contributed by atoms with E-state index in [0.29, 0.717) is 22.5 Å². The van der Waals surface area contributed by atoms with Gasteiger partial charge in [-0.1, -0.05) is 12.1 Å². The Morgan fingerprint density at radius 3 is 2.96 bits per heavy atom. The number of nitrogens with zero attached hydrogens (tertiary/aromatic N) is 5. The van der Waals surface area contributed by atoms with E-state index in [9.17, 15) is 4.79 Å². The topological polar surface area (TPSA) is 99.6 Å². The van der Waals surface area contributed by atoms with Crippen LogP contribution in [0, 0.1) is 0 Å². The average molecular weight is 304 g/mol. The number of nitrogen functional groups attached to an aromatic ring is 1. The van der Waals surface area contributed by atoms with E-state index >= 15 is 0 Å². The summed E-state index contributed by atoms with van der Waals surface area (Å²) >= 11 is 0. The van der Waals surface area contributed by atoms with Crippen LogP contribution in [-0.2, 0) is 11.3 Å². The van der Waals surface area contributed by atoms with E-state index in [-0.39, 0.29) is 6.54 Å². The van der Waals surface area contributed by atoms with Gasteiger partial charge in [-0.2, -0.15) is 5.10 Å². The van der Waals surface area contributed by atoms with Crippen molar-refractivity contribution in [3.63, 3.8) is 0 Å². The SMILES string of the molecule is Nc1ncnc2c1c(-c1ccc3ncccc3c1)nn2CC=O. The summed E-state index contributed by atoms with van der Waals surface area (Å²) in [7, 11) is 0. The minimum Gasteiger partial charge on any atom is -0.383 e. The minimum absolute atomic E-state index is 0.113. The molecule has 0 saturated carbocycles. The molecule has 112 valence electrons. The van der Waals surface area contributed by atoms with E-state index in [1.54, 1.807) is 6.20 Å². The number of hydrogen-bond donors (Lipinski definition) is 1. The Labute approximate surface area is 130 Å². The van der Waals surface area contributed by atoms with Crippen molar-refractivity contribution in [2.45, 2.75) is 6.54 Å². The van der Waals surface area contributed by atoms with Gasteiger partial charge in [-0.05, 0) is 18.2 Å². The number of benzene rings is 1. The predicted molar refractivity (Wildman–Crippen MR) is 86.5 cm³/mol. The van der Waals surface area contributed by atoms with E-state index < -0.39 is 0 Å². The summed E-state index contributed by atoms with van der Waals surface area (Å²) in [6, 6.07) is 9.70. The number of anilines is 1. The minimum atomic E-state index is 0.113. The number of hydrogen-bond acceptors (Lipinski definition) is 6. The van der Waals surface area contributed by atoms with Gasteiger partial charge in [0.2, 0.25) is 0 Å². The third kappa shape index (κ3) is 2.10. The number of carbonyl (C=O) groups is 1. The Morgan fingerprint density at radius 2 is 2.09 bits per heavy atom. The largest absolute Gasteiger partial charge is 0.383 e. The van der Waals surface area contributed by atoms with Crippen molar-refractivity contribution < 1.29 is 4.79 Å². The highest BCUT2D eigenvalue weighted by Crippen LogP contribution is 2.31. The van der Waals surface area contributed by atoms with Gasteiger partial charge in [-0.25, -0.2) is 14.6 Å². The molecule has 0 spiro atoms. The van der Waals surface area contributed by atoms with Gasteiger partial charge in [0.1, 0.15) is 24.1 Å². The molecule has 3 aromatic heterocycles. The van der Waals surface area contributed by atoms with Crippen LogP contribution in [0.1, 0.15) is 0 Å². The molecule has 4 aromatic rings. The summed E-state index contributed by atoms with van der Waals surface area (Å²) in [5.41, 5.74) is 8.99. The first kappa shape index (κ1) is 13.3. The molecule has 0 aliphatic rings. The average Bonchev–Trinajstić information content (AvgIpc) is 2.95. The Kier molecular flexibility index (Phi) is 2.97. The predicted octanol–water partition coefficient (Wildman–Crippen LogP) is 1.82. The summed E-state index contributed by atoms with van der Waals surface area (Å²) in [5, 5.41) is 6.15. The van der Waals surface area contributed by atoms with Crippen molar-refractivity contribution in [3.8, 4) is 11.3 Å². The number of aromatic nitrogens is 5. The van der Waals surface area contributed by atoms with Crippen LogP contribution in [0.4, 0.5) is 5.82 Å². The smallest absolute Gasteiger partial charge is 0.164 e. The maximum atomic E-state index is 10.9. The first-order chi connectivity index (χ1) is 11.3. The molecule has 0 atom stereocenters. The summed E-state index contributed by atoms with van der Waals surface area (Å²) < 4.78 is 1.53. The molecule has 0 aliphatic carbocycles.